The van der Waals surface area contributed by atoms with Crippen molar-refractivity contribution in [2.45, 2.75) is 26.4 Å². The lowest BCUT2D eigenvalue weighted by Gasteiger charge is -2.11. The van der Waals surface area contributed by atoms with E-state index in [0.717, 1.165) is 0 Å². The van der Waals surface area contributed by atoms with E-state index in [1.54, 1.807) is 66.9 Å². The number of carbonyl (C=O) groups is 3. The van der Waals surface area contributed by atoms with Crippen LogP contribution < -0.4 is 21.3 Å². The number of furan rings is 1. The first-order chi connectivity index (χ1) is 15.4. The summed E-state index contributed by atoms with van der Waals surface area (Å²) in [6.45, 7) is 4.12. The Labute approximate surface area is 186 Å². The molecule has 0 saturated heterocycles. The average molecular weight is 434 g/mol. The summed E-state index contributed by atoms with van der Waals surface area (Å²) in [6, 6.07) is 17.1. The monoisotopic (exact) mass is 434 g/mol. The maximum Gasteiger partial charge on any atom is 0.251 e. The molecule has 3 aromatic rings. The maximum atomic E-state index is 12.3. The van der Waals surface area contributed by atoms with Crippen molar-refractivity contribution in [2.24, 2.45) is 0 Å². The smallest absolute Gasteiger partial charge is 0.251 e. The molecule has 0 spiro atoms. The molecule has 3 rings (SSSR count). The van der Waals surface area contributed by atoms with Gasteiger partial charge in [0.2, 0.25) is 5.91 Å². The van der Waals surface area contributed by atoms with Gasteiger partial charge in [-0.1, -0.05) is 6.07 Å². The average Bonchev–Trinajstić information content (AvgIpc) is 3.30. The SMILES string of the molecule is CC(C)NC(=O)c1cccc(NCC(=O)Nc2ccc(C(=O)NCc3ccco3)cc2)c1. The van der Waals surface area contributed by atoms with Gasteiger partial charge in [0.15, 0.2) is 0 Å². The first kappa shape index (κ1) is 22.6. The predicted molar refractivity (Wildman–Crippen MR) is 122 cm³/mol. The largest absolute Gasteiger partial charge is 0.467 e. The van der Waals surface area contributed by atoms with Crippen LogP contribution in [-0.2, 0) is 11.3 Å². The Balaban J connectivity index is 1.48. The molecule has 166 valence electrons. The third-order valence-electron chi connectivity index (χ3n) is 4.43. The molecule has 3 amide bonds. The van der Waals surface area contributed by atoms with Crippen molar-refractivity contribution < 1.29 is 18.8 Å². The summed E-state index contributed by atoms with van der Waals surface area (Å²) in [4.78, 5) is 36.6. The highest BCUT2D eigenvalue weighted by Gasteiger charge is 2.09. The molecule has 1 heterocycles. The van der Waals surface area contributed by atoms with Gasteiger partial charge in [0, 0.05) is 28.5 Å². The molecule has 32 heavy (non-hydrogen) atoms. The fourth-order valence-corrected chi connectivity index (χ4v) is 2.89. The van der Waals surface area contributed by atoms with E-state index in [9.17, 15) is 14.4 Å². The van der Waals surface area contributed by atoms with Gasteiger partial charge < -0.3 is 25.7 Å². The third kappa shape index (κ3) is 6.73. The Morgan fingerprint density at radius 1 is 0.875 bits per heavy atom. The summed E-state index contributed by atoms with van der Waals surface area (Å²) in [5.41, 5.74) is 2.23. The van der Waals surface area contributed by atoms with Crippen LogP contribution in [0.1, 0.15) is 40.3 Å². The summed E-state index contributed by atoms with van der Waals surface area (Å²) < 4.78 is 5.18. The molecule has 8 heteroatoms. The lowest BCUT2D eigenvalue weighted by Crippen LogP contribution is -2.30. The van der Waals surface area contributed by atoms with Gasteiger partial charge in [-0.25, -0.2) is 0 Å². The van der Waals surface area contributed by atoms with Gasteiger partial charge in [0.05, 0.1) is 19.4 Å². The summed E-state index contributed by atoms with van der Waals surface area (Å²) in [5, 5.41) is 11.4. The van der Waals surface area contributed by atoms with E-state index < -0.39 is 0 Å². The van der Waals surface area contributed by atoms with Gasteiger partial charge in [-0.15, -0.1) is 0 Å². The van der Waals surface area contributed by atoms with Crippen molar-refractivity contribution in [2.75, 3.05) is 17.2 Å². The van der Waals surface area contributed by atoms with Crippen LogP contribution in [0.5, 0.6) is 0 Å². The molecule has 0 unspecified atom stereocenters. The van der Waals surface area contributed by atoms with Crippen LogP contribution in [-0.4, -0.2) is 30.3 Å². The van der Waals surface area contributed by atoms with E-state index in [1.807, 2.05) is 13.8 Å². The normalized spacial score (nSPS) is 10.5. The van der Waals surface area contributed by atoms with Gasteiger partial charge in [-0.3, -0.25) is 14.4 Å². The van der Waals surface area contributed by atoms with Crippen LogP contribution in [0.3, 0.4) is 0 Å². The van der Waals surface area contributed by atoms with Crippen molar-refractivity contribution in [1.29, 1.82) is 0 Å². The zero-order valence-corrected chi connectivity index (χ0v) is 18.0. The van der Waals surface area contributed by atoms with E-state index in [-0.39, 0.29) is 30.3 Å². The molecule has 0 aliphatic carbocycles. The zero-order chi connectivity index (χ0) is 22.9. The number of nitrogens with one attached hydrogen (secondary N) is 4. The summed E-state index contributed by atoms with van der Waals surface area (Å²) in [5.74, 6) is 0.0154. The number of anilines is 2. The Morgan fingerprint density at radius 2 is 1.66 bits per heavy atom. The van der Waals surface area contributed by atoms with Crippen LogP contribution in [0.15, 0.2) is 71.3 Å². The predicted octanol–water partition coefficient (Wildman–Crippen LogP) is 3.40. The quantitative estimate of drug-likeness (QED) is 0.412. The highest BCUT2D eigenvalue weighted by molar-refractivity contribution is 5.97. The number of amides is 3. The van der Waals surface area contributed by atoms with Gasteiger partial charge in [-0.2, -0.15) is 0 Å². The fourth-order valence-electron chi connectivity index (χ4n) is 2.89. The second-order valence-corrected chi connectivity index (χ2v) is 7.45. The molecule has 4 N–H and O–H groups in total. The first-order valence-corrected chi connectivity index (χ1v) is 10.3. The molecule has 2 aromatic carbocycles. The highest BCUT2D eigenvalue weighted by Crippen LogP contribution is 2.12. The Hall–Kier alpha value is -4.07. The van der Waals surface area contributed by atoms with Crippen LogP contribution in [0, 0.1) is 0 Å². The van der Waals surface area contributed by atoms with E-state index in [4.69, 9.17) is 4.42 Å². The number of carbonyl (C=O) groups excluding carboxylic acids is 3. The molecular formula is C24H26N4O4. The van der Waals surface area contributed by atoms with Crippen LogP contribution in [0.2, 0.25) is 0 Å². The summed E-state index contributed by atoms with van der Waals surface area (Å²) in [6.07, 6.45) is 1.55. The molecule has 0 saturated carbocycles. The van der Waals surface area contributed by atoms with Gasteiger partial charge in [0.25, 0.3) is 11.8 Å². The molecule has 0 aliphatic heterocycles. The molecular weight excluding hydrogens is 408 g/mol. The molecule has 1 aromatic heterocycles. The highest BCUT2D eigenvalue weighted by atomic mass is 16.3. The number of hydrogen-bond acceptors (Lipinski definition) is 5. The van der Waals surface area contributed by atoms with Crippen LogP contribution >= 0.6 is 0 Å². The molecule has 0 aliphatic rings. The van der Waals surface area contributed by atoms with Crippen molar-refractivity contribution >= 4 is 29.1 Å². The van der Waals surface area contributed by atoms with E-state index in [0.29, 0.717) is 34.8 Å². The number of rotatable bonds is 9. The van der Waals surface area contributed by atoms with E-state index in [1.165, 1.54) is 0 Å². The Bertz CT molecular complexity index is 1060. The van der Waals surface area contributed by atoms with Crippen molar-refractivity contribution in [1.82, 2.24) is 10.6 Å². The van der Waals surface area contributed by atoms with Crippen molar-refractivity contribution in [3.63, 3.8) is 0 Å². The lowest BCUT2D eigenvalue weighted by atomic mass is 10.1. The lowest BCUT2D eigenvalue weighted by molar-refractivity contribution is -0.114. The Kier molecular flexibility index (Phi) is 7.64. The minimum absolute atomic E-state index is 0.0284. The minimum atomic E-state index is -0.253. The first-order valence-electron chi connectivity index (χ1n) is 10.3. The standard InChI is InChI=1S/C24H26N4O4/c1-16(2)27-24(31)18-5-3-6-20(13-18)25-15-22(29)28-19-10-8-17(9-11-19)23(30)26-14-21-7-4-12-32-21/h3-13,16,25H,14-15H2,1-2H3,(H,26,30)(H,27,31)(H,28,29). The van der Waals surface area contributed by atoms with Crippen LogP contribution in [0.25, 0.3) is 0 Å². The molecule has 0 bridgehead atoms. The number of hydrogen-bond donors (Lipinski definition) is 4. The fraction of sp³-hybridized carbons (Fsp3) is 0.208. The van der Waals surface area contributed by atoms with E-state index in [2.05, 4.69) is 21.3 Å². The summed E-state index contributed by atoms with van der Waals surface area (Å²) in [7, 11) is 0. The number of benzene rings is 2. The van der Waals surface area contributed by atoms with Gasteiger partial charge >= 0.3 is 0 Å². The molecule has 0 fully saturated rings. The Morgan fingerprint density at radius 3 is 2.34 bits per heavy atom. The molecule has 0 radical (unpaired) electrons. The second kappa shape index (κ2) is 10.8. The maximum absolute atomic E-state index is 12.3. The van der Waals surface area contributed by atoms with Crippen molar-refractivity contribution in [3.05, 3.63) is 83.8 Å². The molecule has 8 nitrogen and oxygen atoms in total. The second-order valence-electron chi connectivity index (χ2n) is 7.45. The minimum Gasteiger partial charge on any atom is -0.467 e. The summed E-state index contributed by atoms with van der Waals surface area (Å²) >= 11 is 0. The van der Waals surface area contributed by atoms with Crippen LogP contribution in [0.4, 0.5) is 11.4 Å². The van der Waals surface area contributed by atoms with Gasteiger partial charge in [0.1, 0.15) is 5.76 Å². The van der Waals surface area contributed by atoms with Crippen molar-refractivity contribution in [3.8, 4) is 0 Å². The zero-order valence-electron chi connectivity index (χ0n) is 18.0. The topological polar surface area (TPSA) is 112 Å². The van der Waals surface area contributed by atoms with E-state index >= 15 is 0 Å². The molecule has 0 atom stereocenters. The third-order valence-corrected chi connectivity index (χ3v) is 4.43. The van der Waals surface area contributed by atoms with Gasteiger partial charge in [-0.05, 0) is 68.4 Å².